The Morgan fingerprint density at radius 1 is 1.64 bits per heavy atom. The molecule has 0 aliphatic heterocycles. The molecule has 74 valence electrons. The van der Waals surface area contributed by atoms with Gasteiger partial charge in [-0.05, 0) is 0 Å². The van der Waals surface area contributed by atoms with Crippen LogP contribution in [0.4, 0.5) is 8.78 Å². The third-order valence-electron chi connectivity index (χ3n) is 1.57. The predicted molar refractivity (Wildman–Crippen MR) is 43.3 cm³/mol. The van der Waals surface area contributed by atoms with E-state index in [1.165, 1.54) is 7.11 Å². The lowest BCUT2D eigenvalue weighted by atomic mass is 10.2. The van der Waals surface area contributed by atoms with Crippen LogP contribution in [-0.2, 0) is 0 Å². The number of aromatic nitrogens is 1. The van der Waals surface area contributed by atoms with Crippen molar-refractivity contribution in [1.82, 2.24) is 4.98 Å². The Balaban J connectivity index is 3.41. The molecule has 0 fully saturated rings. The molecule has 1 heterocycles. The Labute approximate surface area is 77.7 Å². The monoisotopic (exact) mass is 200 g/mol. The Hall–Kier alpha value is -1.90. The van der Waals surface area contributed by atoms with Crippen LogP contribution >= 0.6 is 0 Å². The maximum Gasteiger partial charge on any atom is 0.278 e. The third-order valence-corrected chi connectivity index (χ3v) is 1.57. The molecule has 14 heavy (non-hydrogen) atoms. The van der Waals surface area contributed by atoms with Crippen molar-refractivity contribution in [3.8, 4) is 11.9 Å². The van der Waals surface area contributed by atoms with Crippen LogP contribution in [0.1, 0.15) is 17.7 Å². The minimum Gasteiger partial charge on any atom is -0.481 e. The number of pyridine rings is 1. The second kappa shape index (κ2) is 3.87. The number of aromatic amines is 1. The summed E-state index contributed by atoms with van der Waals surface area (Å²) in [6.07, 6.45) is -2.80. The van der Waals surface area contributed by atoms with E-state index >= 15 is 0 Å². The zero-order valence-corrected chi connectivity index (χ0v) is 7.17. The van der Waals surface area contributed by atoms with Gasteiger partial charge in [0.25, 0.3) is 6.43 Å². The second-order valence-corrected chi connectivity index (χ2v) is 2.41. The number of halogens is 2. The van der Waals surface area contributed by atoms with Crippen LogP contribution in [0.25, 0.3) is 0 Å². The number of nitrogens with zero attached hydrogens (tertiary/aromatic N) is 1. The molecule has 0 bridgehead atoms. The first-order valence-corrected chi connectivity index (χ1v) is 3.59. The van der Waals surface area contributed by atoms with Gasteiger partial charge in [0.15, 0.2) is 5.56 Å². The maximum atomic E-state index is 12.2. The van der Waals surface area contributed by atoms with E-state index in [1.807, 2.05) is 0 Å². The molecule has 0 saturated heterocycles. The molecule has 1 rings (SSSR count). The standard InChI is InChI=1S/C8H6F2N2O2/c1-14-8-4(3-11)6(13)2-5(12-8)7(9)10/h2,7H,1H3,(H,12,13). The topological polar surface area (TPSA) is 65.9 Å². The number of H-pyrrole nitrogens is 1. The van der Waals surface area contributed by atoms with Crippen molar-refractivity contribution in [2.45, 2.75) is 6.43 Å². The van der Waals surface area contributed by atoms with Gasteiger partial charge in [-0.25, -0.2) is 8.78 Å². The van der Waals surface area contributed by atoms with E-state index in [4.69, 9.17) is 5.26 Å². The van der Waals surface area contributed by atoms with E-state index in [2.05, 4.69) is 9.72 Å². The van der Waals surface area contributed by atoms with Crippen molar-refractivity contribution >= 4 is 0 Å². The molecular weight excluding hydrogens is 194 g/mol. The fourth-order valence-electron chi connectivity index (χ4n) is 0.931. The van der Waals surface area contributed by atoms with Gasteiger partial charge in [0.1, 0.15) is 6.07 Å². The SMILES string of the molecule is COc1[nH]c(C(F)F)cc(=O)c1C#N. The quantitative estimate of drug-likeness (QED) is 0.779. The third kappa shape index (κ3) is 1.71. The highest BCUT2D eigenvalue weighted by Crippen LogP contribution is 2.18. The lowest BCUT2D eigenvalue weighted by Gasteiger charge is -2.05. The molecule has 0 unspecified atom stereocenters. The fraction of sp³-hybridized carbons (Fsp3) is 0.250. The summed E-state index contributed by atoms with van der Waals surface area (Å²) >= 11 is 0. The summed E-state index contributed by atoms with van der Waals surface area (Å²) in [5, 5.41) is 8.52. The molecule has 0 aromatic carbocycles. The normalized spacial score (nSPS) is 9.93. The number of hydrogen-bond acceptors (Lipinski definition) is 3. The summed E-state index contributed by atoms with van der Waals surface area (Å²) in [5.74, 6) is -0.240. The van der Waals surface area contributed by atoms with Crippen molar-refractivity contribution in [3.05, 3.63) is 27.5 Å². The Kier molecular flexibility index (Phi) is 2.82. The van der Waals surface area contributed by atoms with Gasteiger partial charge in [0.2, 0.25) is 11.3 Å². The fourth-order valence-corrected chi connectivity index (χ4v) is 0.931. The van der Waals surface area contributed by atoms with E-state index in [0.29, 0.717) is 6.07 Å². The molecule has 0 radical (unpaired) electrons. The lowest BCUT2D eigenvalue weighted by molar-refractivity contribution is 0.145. The van der Waals surface area contributed by atoms with E-state index in [1.54, 1.807) is 6.07 Å². The molecule has 0 amide bonds. The summed E-state index contributed by atoms with van der Waals surface area (Å²) in [6, 6.07) is 2.25. The van der Waals surface area contributed by atoms with Crippen LogP contribution in [0.2, 0.25) is 0 Å². The van der Waals surface area contributed by atoms with Crippen molar-refractivity contribution in [2.24, 2.45) is 0 Å². The Morgan fingerprint density at radius 3 is 2.71 bits per heavy atom. The average Bonchev–Trinajstić information content (AvgIpc) is 2.16. The molecule has 0 atom stereocenters. The van der Waals surface area contributed by atoms with Crippen LogP contribution in [0.3, 0.4) is 0 Å². The molecule has 6 heteroatoms. The van der Waals surface area contributed by atoms with Gasteiger partial charge in [-0.3, -0.25) is 4.79 Å². The summed E-state index contributed by atoms with van der Waals surface area (Å²) < 4.78 is 29.0. The van der Waals surface area contributed by atoms with Crippen LogP contribution in [0, 0.1) is 11.3 Å². The summed E-state index contributed by atoms with van der Waals surface area (Å²) in [6.45, 7) is 0. The number of nitrogens with one attached hydrogen (secondary N) is 1. The number of nitriles is 1. The number of ether oxygens (including phenoxy) is 1. The van der Waals surface area contributed by atoms with Gasteiger partial charge in [-0.15, -0.1) is 0 Å². The number of methoxy groups -OCH3 is 1. The maximum absolute atomic E-state index is 12.2. The molecule has 1 N–H and O–H groups in total. The highest BCUT2D eigenvalue weighted by molar-refractivity contribution is 5.38. The molecular formula is C8H6F2N2O2. The smallest absolute Gasteiger partial charge is 0.278 e. The largest absolute Gasteiger partial charge is 0.481 e. The van der Waals surface area contributed by atoms with E-state index < -0.39 is 17.5 Å². The van der Waals surface area contributed by atoms with E-state index in [-0.39, 0.29) is 11.4 Å². The zero-order valence-electron chi connectivity index (χ0n) is 7.17. The number of rotatable bonds is 2. The summed E-state index contributed by atoms with van der Waals surface area (Å²) in [5.41, 5.74) is -1.65. The molecule has 1 aromatic rings. The van der Waals surface area contributed by atoms with Crippen molar-refractivity contribution < 1.29 is 13.5 Å². The highest BCUT2D eigenvalue weighted by Gasteiger charge is 2.14. The second-order valence-electron chi connectivity index (χ2n) is 2.41. The zero-order chi connectivity index (χ0) is 10.7. The molecule has 0 aliphatic rings. The van der Waals surface area contributed by atoms with E-state index in [0.717, 1.165) is 0 Å². The Morgan fingerprint density at radius 2 is 2.29 bits per heavy atom. The molecule has 4 nitrogen and oxygen atoms in total. The van der Waals surface area contributed by atoms with Gasteiger partial charge in [-0.1, -0.05) is 0 Å². The molecule has 0 saturated carbocycles. The van der Waals surface area contributed by atoms with Gasteiger partial charge in [0, 0.05) is 6.07 Å². The minimum atomic E-state index is -2.80. The summed E-state index contributed by atoms with van der Waals surface area (Å²) in [4.78, 5) is 13.3. The van der Waals surface area contributed by atoms with Crippen LogP contribution in [-0.4, -0.2) is 12.1 Å². The molecule has 0 aliphatic carbocycles. The van der Waals surface area contributed by atoms with Gasteiger partial charge in [0.05, 0.1) is 12.8 Å². The van der Waals surface area contributed by atoms with Gasteiger partial charge < -0.3 is 9.72 Å². The van der Waals surface area contributed by atoms with Crippen molar-refractivity contribution in [2.75, 3.05) is 7.11 Å². The lowest BCUT2D eigenvalue weighted by Crippen LogP contribution is -2.11. The van der Waals surface area contributed by atoms with Gasteiger partial charge in [-0.2, -0.15) is 5.26 Å². The molecule has 0 spiro atoms. The van der Waals surface area contributed by atoms with Crippen molar-refractivity contribution in [3.63, 3.8) is 0 Å². The number of alkyl halides is 2. The van der Waals surface area contributed by atoms with Crippen molar-refractivity contribution in [1.29, 1.82) is 5.26 Å². The highest BCUT2D eigenvalue weighted by atomic mass is 19.3. The number of hydrogen-bond donors (Lipinski definition) is 1. The van der Waals surface area contributed by atoms with Gasteiger partial charge >= 0.3 is 0 Å². The van der Waals surface area contributed by atoms with Crippen LogP contribution in [0.5, 0.6) is 5.88 Å². The van der Waals surface area contributed by atoms with Crippen LogP contribution in [0.15, 0.2) is 10.9 Å². The van der Waals surface area contributed by atoms with E-state index in [9.17, 15) is 13.6 Å². The summed E-state index contributed by atoms with van der Waals surface area (Å²) in [7, 11) is 1.18. The van der Waals surface area contributed by atoms with Crippen LogP contribution < -0.4 is 10.2 Å². The first-order chi connectivity index (χ1) is 6.60. The predicted octanol–water partition coefficient (Wildman–Crippen LogP) is 1.19. The first-order valence-electron chi connectivity index (χ1n) is 3.59. The Bertz CT molecular complexity index is 434. The molecule has 1 aromatic heterocycles. The first kappa shape index (κ1) is 10.2. The average molecular weight is 200 g/mol. The minimum absolute atomic E-state index is 0.240.